The van der Waals surface area contributed by atoms with Crippen molar-refractivity contribution in [1.82, 2.24) is 20.1 Å². The molecule has 0 aromatic carbocycles. The highest BCUT2D eigenvalue weighted by Crippen LogP contribution is 2.39. The highest BCUT2D eigenvalue weighted by molar-refractivity contribution is 5.90. The molecule has 1 unspecified atom stereocenters. The van der Waals surface area contributed by atoms with Crippen LogP contribution in [0.15, 0.2) is 24.5 Å². The molecule has 0 radical (unpaired) electrons. The molecule has 3 heterocycles. The van der Waals surface area contributed by atoms with Crippen LogP contribution in [0.5, 0.6) is 0 Å². The van der Waals surface area contributed by atoms with Crippen LogP contribution in [-0.2, 0) is 20.9 Å². The Hall–Kier alpha value is -2.44. The molecule has 1 aromatic heterocycles. The van der Waals surface area contributed by atoms with E-state index in [-0.39, 0.29) is 41.5 Å². The van der Waals surface area contributed by atoms with Crippen LogP contribution < -0.4 is 5.32 Å². The highest BCUT2D eigenvalue weighted by Gasteiger charge is 2.46. The van der Waals surface area contributed by atoms with Crippen LogP contribution in [0.1, 0.15) is 51.0 Å². The fourth-order valence-electron chi connectivity index (χ4n) is 4.84. The van der Waals surface area contributed by atoms with E-state index in [1.54, 1.807) is 12.4 Å². The fraction of sp³-hybridized carbons (Fsp3) is 0.636. The molecule has 2 saturated heterocycles. The maximum Gasteiger partial charge on any atom is 0.228 e. The molecule has 1 N–H and O–H groups in total. The Morgan fingerprint density at radius 1 is 1.14 bits per heavy atom. The molecule has 29 heavy (non-hydrogen) atoms. The van der Waals surface area contributed by atoms with Gasteiger partial charge in [0, 0.05) is 50.4 Å². The Balaban J connectivity index is 1.26. The van der Waals surface area contributed by atoms with E-state index in [9.17, 15) is 14.4 Å². The smallest absolute Gasteiger partial charge is 0.228 e. The number of aromatic nitrogens is 1. The predicted molar refractivity (Wildman–Crippen MR) is 107 cm³/mol. The Morgan fingerprint density at radius 3 is 2.52 bits per heavy atom. The van der Waals surface area contributed by atoms with E-state index >= 15 is 0 Å². The minimum absolute atomic E-state index is 0.0232. The van der Waals surface area contributed by atoms with Crippen LogP contribution in [-0.4, -0.2) is 58.2 Å². The molecule has 7 heteroatoms. The van der Waals surface area contributed by atoms with Gasteiger partial charge in [-0.25, -0.2) is 0 Å². The van der Waals surface area contributed by atoms with Crippen LogP contribution in [0.25, 0.3) is 0 Å². The van der Waals surface area contributed by atoms with Crippen LogP contribution in [0.2, 0.25) is 0 Å². The summed E-state index contributed by atoms with van der Waals surface area (Å²) in [5, 5.41) is 2.92. The predicted octanol–water partition coefficient (Wildman–Crippen LogP) is 1.73. The lowest BCUT2D eigenvalue weighted by Crippen LogP contribution is -2.63. The SMILES string of the molecule is CC1(C(=O)N2CC(N3CC(C(=O)NCc4ccncc4)CC3=O)C2)CCCCC1. The van der Waals surface area contributed by atoms with E-state index in [0.717, 1.165) is 31.2 Å². The average molecular weight is 399 g/mol. The Kier molecular flexibility index (Phi) is 5.56. The Morgan fingerprint density at radius 2 is 1.83 bits per heavy atom. The molecule has 1 aromatic rings. The number of hydrogen-bond donors (Lipinski definition) is 1. The molecule has 1 saturated carbocycles. The molecule has 0 bridgehead atoms. The van der Waals surface area contributed by atoms with Gasteiger partial charge in [0.25, 0.3) is 0 Å². The number of hydrogen-bond acceptors (Lipinski definition) is 4. The third kappa shape index (κ3) is 4.14. The Labute approximate surface area is 171 Å². The average Bonchev–Trinajstić information content (AvgIpc) is 3.08. The number of amides is 3. The van der Waals surface area contributed by atoms with E-state index in [2.05, 4.69) is 17.2 Å². The number of carbonyl (C=O) groups is 3. The van der Waals surface area contributed by atoms with Gasteiger partial charge >= 0.3 is 0 Å². The molecular weight excluding hydrogens is 368 g/mol. The van der Waals surface area contributed by atoms with Crippen molar-refractivity contribution in [1.29, 1.82) is 0 Å². The molecular formula is C22H30N4O3. The summed E-state index contributed by atoms with van der Waals surface area (Å²) in [5.41, 5.74) is 0.757. The summed E-state index contributed by atoms with van der Waals surface area (Å²) >= 11 is 0. The zero-order valence-electron chi connectivity index (χ0n) is 17.1. The zero-order valence-corrected chi connectivity index (χ0v) is 17.1. The number of pyridine rings is 1. The van der Waals surface area contributed by atoms with Gasteiger partial charge in [-0.15, -0.1) is 0 Å². The van der Waals surface area contributed by atoms with Gasteiger partial charge in [0.05, 0.1) is 12.0 Å². The second kappa shape index (κ2) is 8.13. The summed E-state index contributed by atoms with van der Waals surface area (Å²) in [6, 6.07) is 3.77. The number of nitrogens with one attached hydrogen (secondary N) is 1. The van der Waals surface area contributed by atoms with Crippen LogP contribution >= 0.6 is 0 Å². The Bertz CT molecular complexity index is 770. The topological polar surface area (TPSA) is 82.6 Å². The summed E-state index contributed by atoms with van der Waals surface area (Å²) in [5.74, 6) is -0.133. The van der Waals surface area contributed by atoms with Gasteiger partial charge in [-0.3, -0.25) is 19.4 Å². The lowest BCUT2D eigenvalue weighted by atomic mass is 9.74. The van der Waals surface area contributed by atoms with Gasteiger partial charge in [-0.05, 0) is 30.5 Å². The van der Waals surface area contributed by atoms with E-state index < -0.39 is 0 Å². The standard InChI is InChI=1S/C22H30N4O3/c1-22(7-3-2-4-8-22)21(29)25-14-18(15-25)26-13-17(11-19(26)27)20(28)24-12-16-5-9-23-10-6-16/h5-6,9-10,17-18H,2-4,7-8,11-15H2,1H3,(H,24,28). The first-order valence-corrected chi connectivity index (χ1v) is 10.7. The first-order valence-electron chi connectivity index (χ1n) is 10.7. The highest BCUT2D eigenvalue weighted by atomic mass is 16.2. The van der Waals surface area contributed by atoms with Crippen LogP contribution in [0, 0.1) is 11.3 Å². The second-order valence-corrected chi connectivity index (χ2v) is 9.01. The second-order valence-electron chi connectivity index (χ2n) is 9.01. The molecule has 3 amide bonds. The minimum Gasteiger partial charge on any atom is -0.352 e. The van der Waals surface area contributed by atoms with E-state index in [1.807, 2.05) is 21.9 Å². The first kappa shape index (κ1) is 19.9. The number of likely N-dealkylation sites (tertiary alicyclic amines) is 2. The number of rotatable bonds is 5. The van der Waals surface area contributed by atoms with Gasteiger partial charge in [0.15, 0.2) is 0 Å². The summed E-state index contributed by atoms with van der Waals surface area (Å²) in [6.07, 6.45) is 9.05. The largest absolute Gasteiger partial charge is 0.352 e. The van der Waals surface area contributed by atoms with Crippen LogP contribution in [0.4, 0.5) is 0 Å². The first-order chi connectivity index (χ1) is 14.0. The van der Waals surface area contributed by atoms with Crippen molar-refractivity contribution in [3.63, 3.8) is 0 Å². The summed E-state index contributed by atoms with van der Waals surface area (Å²) in [7, 11) is 0. The third-order valence-corrected chi connectivity index (χ3v) is 6.81. The molecule has 7 nitrogen and oxygen atoms in total. The van der Waals surface area contributed by atoms with Crippen molar-refractivity contribution < 1.29 is 14.4 Å². The van der Waals surface area contributed by atoms with Gasteiger partial charge in [0.2, 0.25) is 17.7 Å². The van der Waals surface area contributed by atoms with Crippen molar-refractivity contribution in [3.05, 3.63) is 30.1 Å². The van der Waals surface area contributed by atoms with E-state index in [1.165, 1.54) is 6.42 Å². The van der Waals surface area contributed by atoms with Crippen molar-refractivity contribution >= 4 is 17.7 Å². The van der Waals surface area contributed by atoms with Crippen molar-refractivity contribution in [2.45, 2.75) is 58.0 Å². The lowest BCUT2D eigenvalue weighted by molar-refractivity contribution is -0.153. The number of carbonyl (C=O) groups excluding carboxylic acids is 3. The quantitative estimate of drug-likeness (QED) is 0.819. The van der Waals surface area contributed by atoms with Gasteiger partial charge in [-0.1, -0.05) is 26.2 Å². The van der Waals surface area contributed by atoms with Gasteiger partial charge in [-0.2, -0.15) is 0 Å². The minimum atomic E-state index is -0.315. The third-order valence-electron chi connectivity index (χ3n) is 6.81. The summed E-state index contributed by atoms with van der Waals surface area (Å²) in [6.45, 7) is 4.18. The normalized spacial score (nSPS) is 24.3. The molecule has 2 aliphatic heterocycles. The molecule has 3 aliphatic rings. The van der Waals surface area contributed by atoms with E-state index in [4.69, 9.17) is 0 Å². The molecule has 4 rings (SSSR count). The molecule has 1 aliphatic carbocycles. The maximum absolute atomic E-state index is 12.9. The molecule has 3 fully saturated rings. The fourth-order valence-corrected chi connectivity index (χ4v) is 4.84. The number of nitrogens with zero attached hydrogens (tertiary/aromatic N) is 3. The summed E-state index contributed by atoms with van der Waals surface area (Å²) in [4.78, 5) is 45.5. The van der Waals surface area contributed by atoms with Crippen LogP contribution in [0.3, 0.4) is 0 Å². The van der Waals surface area contributed by atoms with Crippen molar-refractivity contribution in [2.24, 2.45) is 11.3 Å². The molecule has 0 spiro atoms. The molecule has 1 atom stereocenters. The van der Waals surface area contributed by atoms with Crippen molar-refractivity contribution in [3.8, 4) is 0 Å². The monoisotopic (exact) mass is 398 g/mol. The van der Waals surface area contributed by atoms with Crippen molar-refractivity contribution in [2.75, 3.05) is 19.6 Å². The van der Waals surface area contributed by atoms with E-state index in [0.29, 0.717) is 26.2 Å². The molecule has 156 valence electrons. The summed E-state index contributed by atoms with van der Waals surface area (Å²) < 4.78 is 0. The lowest BCUT2D eigenvalue weighted by Gasteiger charge is -2.48. The van der Waals surface area contributed by atoms with Gasteiger partial charge < -0.3 is 15.1 Å². The zero-order chi connectivity index (χ0) is 20.4. The maximum atomic E-state index is 12.9. The van der Waals surface area contributed by atoms with Gasteiger partial charge in [0.1, 0.15) is 0 Å².